The summed E-state index contributed by atoms with van der Waals surface area (Å²) in [5, 5.41) is 4.55. The van der Waals surface area contributed by atoms with Crippen LogP contribution in [0, 0.1) is 11.8 Å². The molecule has 1 aromatic heterocycles. The third kappa shape index (κ3) is 2.88. The second-order valence-electron chi connectivity index (χ2n) is 4.26. The number of nitrogens with zero attached hydrogens (tertiary/aromatic N) is 1. The highest BCUT2D eigenvalue weighted by Gasteiger charge is 2.08. The van der Waals surface area contributed by atoms with Crippen molar-refractivity contribution in [2.75, 3.05) is 7.05 Å². The van der Waals surface area contributed by atoms with Crippen molar-refractivity contribution >= 4 is 10.9 Å². The maximum atomic E-state index is 4.34. The zero-order valence-electron chi connectivity index (χ0n) is 10.9. The number of benzene rings is 1. The quantitative estimate of drug-likeness (QED) is 0.827. The minimum absolute atomic E-state index is 0.357. The first kappa shape index (κ1) is 12.6. The van der Waals surface area contributed by atoms with Crippen molar-refractivity contribution in [1.29, 1.82) is 0 Å². The van der Waals surface area contributed by atoms with Crippen LogP contribution in [0.1, 0.15) is 31.4 Å². The Morgan fingerprint density at radius 2 is 2.22 bits per heavy atom. The Morgan fingerprint density at radius 3 is 3.00 bits per heavy atom. The summed E-state index contributed by atoms with van der Waals surface area (Å²) in [6, 6.07) is 10.9. The van der Waals surface area contributed by atoms with Crippen molar-refractivity contribution < 1.29 is 0 Å². The van der Waals surface area contributed by atoms with E-state index in [0.717, 1.165) is 18.4 Å². The third-order valence-electron chi connectivity index (χ3n) is 3.11. The first-order valence-electron chi connectivity index (χ1n) is 6.26. The van der Waals surface area contributed by atoms with Crippen LogP contribution in [0.25, 0.3) is 10.9 Å². The minimum atomic E-state index is 0.357. The van der Waals surface area contributed by atoms with Gasteiger partial charge in [-0.25, -0.2) is 0 Å². The Kier molecular flexibility index (Phi) is 4.33. The number of hydrogen-bond donors (Lipinski definition) is 1. The molecule has 1 aromatic carbocycles. The predicted molar refractivity (Wildman–Crippen MR) is 76.2 cm³/mol. The predicted octanol–water partition coefficient (Wildman–Crippen LogP) is 3.30. The van der Waals surface area contributed by atoms with E-state index < -0.39 is 0 Å². The smallest absolute Gasteiger partial charge is 0.0702 e. The standard InChI is InChI=1S/C16H18N2/c1-3-4-5-8-15(17-2)14-9-10-16-13(12-14)7-6-11-18-16/h6-7,9-12,15,17H,5,8H2,1-2H3. The molecule has 2 rings (SSSR count). The van der Waals surface area contributed by atoms with Crippen LogP contribution in [0.4, 0.5) is 0 Å². The fourth-order valence-electron chi connectivity index (χ4n) is 2.13. The van der Waals surface area contributed by atoms with Crippen LogP contribution in [-0.2, 0) is 0 Å². The van der Waals surface area contributed by atoms with Crippen LogP contribution in [0.3, 0.4) is 0 Å². The molecule has 1 heterocycles. The van der Waals surface area contributed by atoms with Crippen LogP contribution in [-0.4, -0.2) is 12.0 Å². The lowest BCUT2D eigenvalue weighted by atomic mass is 10.0. The van der Waals surface area contributed by atoms with Crippen LogP contribution < -0.4 is 5.32 Å². The molecule has 18 heavy (non-hydrogen) atoms. The third-order valence-corrected chi connectivity index (χ3v) is 3.11. The molecule has 2 aromatic rings. The highest BCUT2D eigenvalue weighted by Crippen LogP contribution is 2.22. The van der Waals surface area contributed by atoms with Gasteiger partial charge in [-0.2, -0.15) is 0 Å². The summed E-state index contributed by atoms with van der Waals surface area (Å²) in [7, 11) is 2.00. The first-order chi connectivity index (χ1) is 8.85. The highest BCUT2D eigenvalue weighted by molar-refractivity contribution is 5.79. The van der Waals surface area contributed by atoms with E-state index in [1.165, 1.54) is 10.9 Å². The van der Waals surface area contributed by atoms with Crippen molar-refractivity contribution in [3.05, 3.63) is 42.1 Å². The topological polar surface area (TPSA) is 24.9 Å². The second-order valence-corrected chi connectivity index (χ2v) is 4.26. The van der Waals surface area contributed by atoms with Gasteiger partial charge in [-0.3, -0.25) is 4.98 Å². The summed E-state index contributed by atoms with van der Waals surface area (Å²) < 4.78 is 0. The summed E-state index contributed by atoms with van der Waals surface area (Å²) in [5.41, 5.74) is 2.35. The minimum Gasteiger partial charge on any atom is -0.313 e. The van der Waals surface area contributed by atoms with Crippen molar-refractivity contribution in [3.8, 4) is 11.8 Å². The van der Waals surface area contributed by atoms with Crippen LogP contribution in [0.5, 0.6) is 0 Å². The van der Waals surface area contributed by atoms with Crippen molar-refractivity contribution in [2.24, 2.45) is 0 Å². The average molecular weight is 238 g/mol. The molecule has 0 bridgehead atoms. The van der Waals surface area contributed by atoms with Crippen LogP contribution >= 0.6 is 0 Å². The number of hydrogen-bond acceptors (Lipinski definition) is 2. The highest BCUT2D eigenvalue weighted by atomic mass is 14.9. The molecule has 0 fully saturated rings. The van der Waals surface area contributed by atoms with Crippen molar-refractivity contribution in [1.82, 2.24) is 10.3 Å². The van der Waals surface area contributed by atoms with Crippen LogP contribution in [0.2, 0.25) is 0 Å². The van der Waals surface area contributed by atoms with Gasteiger partial charge in [-0.05, 0) is 44.2 Å². The number of pyridine rings is 1. The Labute approximate surface area is 108 Å². The van der Waals surface area contributed by atoms with E-state index in [2.05, 4.69) is 46.4 Å². The van der Waals surface area contributed by atoms with Gasteiger partial charge in [0.1, 0.15) is 0 Å². The van der Waals surface area contributed by atoms with Gasteiger partial charge in [-0.1, -0.05) is 12.1 Å². The largest absolute Gasteiger partial charge is 0.313 e. The molecule has 0 radical (unpaired) electrons. The van der Waals surface area contributed by atoms with Crippen LogP contribution in [0.15, 0.2) is 36.5 Å². The molecule has 2 nitrogen and oxygen atoms in total. The maximum absolute atomic E-state index is 4.34. The SMILES string of the molecule is CC#CCCC(NC)c1ccc2ncccc2c1. The molecule has 0 saturated heterocycles. The van der Waals surface area contributed by atoms with E-state index in [9.17, 15) is 0 Å². The molecule has 0 aliphatic rings. The van der Waals surface area contributed by atoms with Gasteiger partial charge in [0.25, 0.3) is 0 Å². The van der Waals surface area contributed by atoms with E-state index in [1.807, 2.05) is 26.2 Å². The van der Waals surface area contributed by atoms with Gasteiger partial charge in [0.15, 0.2) is 0 Å². The molecule has 1 N–H and O–H groups in total. The summed E-state index contributed by atoms with van der Waals surface area (Å²) >= 11 is 0. The van der Waals surface area contributed by atoms with E-state index in [0.29, 0.717) is 6.04 Å². The molecular formula is C16H18N2. The monoisotopic (exact) mass is 238 g/mol. The zero-order valence-corrected chi connectivity index (χ0v) is 10.9. The molecular weight excluding hydrogens is 220 g/mol. The summed E-state index contributed by atoms with van der Waals surface area (Å²) in [6.07, 6.45) is 3.78. The summed E-state index contributed by atoms with van der Waals surface area (Å²) in [6.45, 7) is 1.88. The zero-order chi connectivity index (χ0) is 12.8. The maximum Gasteiger partial charge on any atom is 0.0702 e. The Bertz CT molecular complexity index is 578. The molecule has 2 heteroatoms. The fourth-order valence-corrected chi connectivity index (χ4v) is 2.13. The number of rotatable bonds is 4. The van der Waals surface area contributed by atoms with Gasteiger partial charge in [0.05, 0.1) is 5.52 Å². The molecule has 0 saturated carbocycles. The lowest BCUT2D eigenvalue weighted by Crippen LogP contribution is -2.16. The summed E-state index contributed by atoms with van der Waals surface area (Å²) in [4.78, 5) is 4.34. The Balaban J connectivity index is 2.23. The molecule has 0 amide bonds. The van der Waals surface area contributed by atoms with Gasteiger partial charge < -0.3 is 5.32 Å². The number of aromatic nitrogens is 1. The van der Waals surface area contributed by atoms with Gasteiger partial charge in [-0.15, -0.1) is 11.8 Å². The van der Waals surface area contributed by atoms with E-state index in [-0.39, 0.29) is 0 Å². The molecule has 1 atom stereocenters. The lowest BCUT2D eigenvalue weighted by Gasteiger charge is -2.15. The molecule has 0 aliphatic heterocycles. The second kappa shape index (κ2) is 6.18. The molecule has 92 valence electrons. The average Bonchev–Trinajstić information content (AvgIpc) is 2.43. The van der Waals surface area contributed by atoms with Gasteiger partial charge in [0, 0.05) is 24.0 Å². The lowest BCUT2D eigenvalue weighted by molar-refractivity contribution is 0.559. The van der Waals surface area contributed by atoms with Gasteiger partial charge >= 0.3 is 0 Å². The number of nitrogens with one attached hydrogen (secondary N) is 1. The van der Waals surface area contributed by atoms with E-state index in [4.69, 9.17) is 0 Å². The molecule has 0 spiro atoms. The Hall–Kier alpha value is -1.85. The first-order valence-corrected chi connectivity index (χ1v) is 6.26. The molecule has 1 unspecified atom stereocenters. The molecule has 0 aliphatic carbocycles. The summed E-state index contributed by atoms with van der Waals surface area (Å²) in [5.74, 6) is 6.06. The number of fused-ring (bicyclic) bond motifs is 1. The van der Waals surface area contributed by atoms with Crippen molar-refractivity contribution in [3.63, 3.8) is 0 Å². The Morgan fingerprint density at radius 1 is 1.33 bits per heavy atom. The van der Waals surface area contributed by atoms with E-state index >= 15 is 0 Å². The normalized spacial score (nSPS) is 11.9. The van der Waals surface area contributed by atoms with E-state index in [1.54, 1.807) is 0 Å². The fraction of sp³-hybridized carbons (Fsp3) is 0.312. The van der Waals surface area contributed by atoms with Crippen molar-refractivity contribution in [2.45, 2.75) is 25.8 Å². The van der Waals surface area contributed by atoms with Gasteiger partial charge in [0.2, 0.25) is 0 Å².